The van der Waals surface area contributed by atoms with E-state index in [0.717, 1.165) is 16.8 Å². The highest BCUT2D eigenvalue weighted by Gasteiger charge is 2.10. The monoisotopic (exact) mass is 276 g/mol. The van der Waals surface area contributed by atoms with Gasteiger partial charge in [-0.3, -0.25) is 4.79 Å². The summed E-state index contributed by atoms with van der Waals surface area (Å²) in [6.45, 7) is 4.06. The van der Waals surface area contributed by atoms with Crippen LogP contribution in [0.1, 0.15) is 29.0 Å². The Balaban J connectivity index is 1.81. The van der Waals surface area contributed by atoms with E-state index < -0.39 is 0 Å². The van der Waals surface area contributed by atoms with E-state index in [1.54, 1.807) is 6.07 Å². The summed E-state index contributed by atoms with van der Waals surface area (Å²) in [5.74, 6) is 0.362. The number of benzene rings is 1. The average molecular weight is 276 g/mol. The molecule has 20 heavy (non-hydrogen) atoms. The Morgan fingerprint density at radius 1 is 1.40 bits per heavy atom. The Kier molecular flexibility index (Phi) is 4.50. The molecule has 0 radical (unpaired) electrons. The van der Waals surface area contributed by atoms with Gasteiger partial charge in [0, 0.05) is 18.5 Å². The molecule has 106 valence electrons. The van der Waals surface area contributed by atoms with E-state index in [1.165, 1.54) is 12.1 Å². The van der Waals surface area contributed by atoms with Gasteiger partial charge in [-0.25, -0.2) is 4.39 Å². The van der Waals surface area contributed by atoms with Gasteiger partial charge in [-0.2, -0.15) is 0 Å². The lowest BCUT2D eigenvalue weighted by Gasteiger charge is -2.05. The fourth-order valence-electron chi connectivity index (χ4n) is 1.98. The summed E-state index contributed by atoms with van der Waals surface area (Å²) in [4.78, 5) is 11.8. The standard InChI is InChI=1S/C15H17FN2O2/c1-10-14(11(2)20-18-10)9-17-15(19)7-6-12-4-3-5-13(16)8-12/h3-5,8H,6-7,9H2,1-2H3,(H,17,19). The van der Waals surface area contributed by atoms with Gasteiger partial charge in [0.25, 0.3) is 0 Å². The van der Waals surface area contributed by atoms with Gasteiger partial charge in [0.1, 0.15) is 11.6 Å². The van der Waals surface area contributed by atoms with Gasteiger partial charge >= 0.3 is 0 Å². The Hall–Kier alpha value is -2.17. The first-order valence-corrected chi connectivity index (χ1v) is 6.49. The lowest BCUT2D eigenvalue weighted by Crippen LogP contribution is -2.23. The number of hydrogen-bond donors (Lipinski definition) is 1. The molecule has 0 bridgehead atoms. The number of rotatable bonds is 5. The van der Waals surface area contributed by atoms with E-state index in [0.29, 0.717) is 25.1 Å². The van der Waals surface area contributed by atoms with Gasteiger partial charge in [-0.1, -0.05) is 17.3 Å². The van der Waals surface area contributed by atoms with Crippen molar-refractivity contribution in [3.8, 4) is 0 Å². The molecule has 4 nitrogen and oxygen atoms in total. The summed E-state index contributed by atoms with van der Waals surface area (Å²) in [6.07, 6.45) is 0.845. The minimum absolute atomic E-state index is 0.0748. The molecule has 1 N–H and O–H groups in total. The Morgan fingerprint density at radius 2 is 2.20 bits per heavy atom. The molecule has 0 spiro atoms. The van der Waals surface area contributed by atoms with Crippen molar-refractivity contribution in [2.75, 3.05) is 0 Å². The van der Waals surface area contributed by atoms with Gasteiger partial charge in [0.2, 0.25) is 5.91 Å². The van der Waals surface area contributed by atoms with E-state index in [9.17, 15) is 9.18 Å². The molecule has 2 aromatic rings. The summed E-state index contributed by atoms with van der Waals surface area (Å²) < 4.78 is 18.0. The highest BCUT2D eigenvalue weighted by molar-refractivity contribution is 5.76. The second-order valence-corrected chi connectivity index (χ2v) is 4.71. The maximum Gasteiger partial charge on any atom is 0.220 e. The Morgan fingerprint density at radius 3 is 2.85 bits per heavy atom. The lowest BCUT2D eigenvalue weighted by atomic mass is 10.1. The summed E-state index contributed by atoms with van der Waals surface area (Å²) >= 11 is 0. The number of aromatic nitrogens is 1. The van der Waals surface area contributed by atoms with Crippen LogP contribution in [0.15, 0.2) is 28.8 Å². The molecule has 0 fully saturated rings. The number of nitrogens with zero attached hydrogens (tertiary/aromatic N) is 1. The third-order valence-corrected chi connectivity index (χ3v) is 3.17. The zero-order valence-corrected chi connectivity index (χ0v) is 11.6. The number of nitrogens with one attached hydrogen (secondary N) is 1. The van der Waals surface area contributed by atoms with Gasteiger partial charge in [-0.05, 0) is 38.0 Å². The average Bonchev–Trinajstić information content (AvgIpc) is 2.74. The largest absolute Gasteiger partial charge is 0.361 e. The van der Waals surface area contributed by atoms with Gasteiger partial charge in [-0.15, -0.1) is 0 Å². The molecule has 0 saturated heterocycles. The summed E-state index contributed by atoms with van der Waals surface area (Å²) in [5.41, 5.74) is 2.51. The van der Waals surface area contributed by atoms with E-state index in [4.69, 9.17) is 4.52 Å². The fraction of sp³-hybridized carbons (Fsp3) is 0.333. The van der Waals surface area contributed by atoms with Crippen molar-refractivity contribution in [3.05, 3.63) is 52.7 Å². The molecule has 1 aromatic heterocycles. The number of amides is 1. The first-order chi connectivity index (χ1) is 9.56. The van der Waals surface area contributed by atoms with E-state index >= 15 is 0 Å². The van der Waals surface area contributed by atoms with Crippen LogP contribution < -0.4 is 5.32 Å². The van der Waals surface area contributed by atoms with Crippen molar-refractivity contribution in [2.24, 2.45) is 0 Å². The number of aryl methyl sites for hydroxylation is 3. The summed E-state index contributed by atoms with van der Waals surface area (Å²) in [5, 5.41) is 6.65. The van der Waals surface area contributed by atoms with Crippen molar-refractivity contribution >= 4 is 5.91 Å². The maximum absolute atomic E-state index is 13.0. The Labute approximate surface area is 117 Å². The molecule has 0 saturated carbocycles. The molecule has 5 heteroatoms. The van der Waals surface area contributed by atoms with Crippen LogP contribution in [0.25, 0.3) is 0 Å². The lowest BCUT2D eigenvalue weighted by molar-refractivity contribution is -0.121. The molecule has 0 aliphatic carbocycles. The van der Waals surface area contributed by atoms with Crippen LogP contribution in [0.5, 0.6) is 0 Å². The Bertz CT molecular complexity index is 588. The van der Waals surface area contributed by atoms with E-state index in [1.807, 2.05) is 19.9 Å². The van der Waals surface area contributed by atoms with Crippen LogP contribution in [0, 0.1) is 19.7 Å². The zero-order chi connectivity index (χ0) is 14.5. The highest BCUT2D eigenvalue weighted by atomic mass is 19.1. The molecular weight excluding hydrogens is 259 g/mol. The van der Waals surface area contributed by atoms with Crippen LogP contribution in [0.3, 0.4) is 0 Å². The van der Waals surface area contributed by atoms with Gasteiger partial charge in [0.15, 0.2) is 0 Å². The molecule has 0 unspecified atom stereocenters. The SMILES string of the molecule is Cc1noc(C)c1CNC(=O)CCc1cccc(F)c1. The summed E-state index contributed by atoms with van der Waals surface area (Å²) in [7, 11) is 0. The molecule has 1 amide bonds. The number of carbonyl (C=O) groups is 1. The van der Waals surface area contributed by atoms with E-state index in [2.05, 4.69) is 10.5 Å². The zero-order valence-electron chi connectivity index (χ0n) is 11.6. The maximum atomic E-state index is 13.0. The molecule has 0 atom stereocenters. The minimum Gasteiger partial charge on any atom is -0.361 e. The van der Waals surface area contributed by atoms with Crippen molar-refractivity contribution in [1.29, 1.82) is 0 Å². The van der Waals surface area contributed by atoms with Gasteiger partial charge in [0.05, 0.1) is 5.69 Å². The normalized spacial score (nSPS) is 10.6. The molecule has 0 aliphatic heterocycles. The second kappa shape index (κ2) is 6.32. The van der Waals surface area contributed by atoms with Crippen LogP contribution in [0.2, 0.25) is 0 Å². The minimum atomic E-state index is -0.279. The first kappa shape index (κ1) is 14.2. The predicted octanol–water partition coefficient (Wildman–Crippen LogP) is 2.68. The molecule has 2 rings (SSSR count). The summed E-state index contributed by atoms with van der Waals surface area (Å²) in [6, 6.07) is 6.29. The number of halogens is 1. The van der Waals surface area contributed by atoms with Crippen LogP contribution in [-0.4, -0.2) is 11.1 Å². The fourth-order valence-corrected chi connectivity index (χ4v) is 1.98. The van der Waals surface area contributed by atoms with Crippen LogP contribution in [0.4, 0.5) is 4.39 Å². The highest BCUT2D eigenvalue weighted by Crippen LogP contribution is 2.11. The van der Waals surface area contributed by atoms with Crippen LogP contribution in [-0.2, 0) is 17.8 Å². The third kappa shape index (κ3) is 3.66. The van der Waals surface area contributed by atoms with E-state index in [-0.39, 0.29) is 11.7 Å². The van der Waals surface area contributed by atoms with Crippen molar-refractivity contribution in [1.82, 2.24) is 10.5 Å². The number of carbonyl (C=O) groups excluding carboxylic acids is 1. The van der Waals surface area contributed by atoms with Crippen molar-refractivity contribution < 1.29 is 13.7 Å². The molecule has 1 aromatic carbocycles. The quantitative estimate of drug-likeness (QED) is 0.913. The first-order valence-electron chi connectivity index (χ1n) is 6.49. The number of hydrogen-bond acceptors (Lipinski definition) is 3. The smallest absolute Gasteiger partial charge is 0.220 e. The van der Waals surface area contributed by atoms with Gasteiger partial charge < -0.3 is 9.84 Å². The predicted molar refractivity (Wildman–Crippen MR) is 72.5 cm³/mol. The molecule has 1 heterocycles. The van der Waals surface area contributed by atoms with Crippen LogP contribution >= 0.6 is 0 Å². The molecular formula is C15H17FN2O2. The van der Waals surface area contributed by atoms with Crippen molar-refractivity contribution in [2.45, 2.75) is 33.2 Å². The molecule has 0 aliphatic rings. The second-order valence-electron chi connectivity index (χ2n) is 4.71. The third-order valence-electron chi connectivity index (χ3n) is 3.17. The topological polar surface area (TPSA) is 55.1 Å². The van der Waals surface area contributed by atoms with Crippen molar-refractivity contribution in [3.63, 3.8) is 0 Å².